The average molecular weight is 300 g/mol. The lowest BCUT2D eigenvalue weighted by molar-refractivity contribution is 0.321. The van der Waals surface area contributed by atoms with E-state index < -0.39 is 0 Å². The van der Waals surface area contributed by atoms with Crippen LogP contribution in [0.2, 0.25) is 0 Å². The number of benzene rings is 2. The fourth-order valence-electron chi connectivity index (χ4n) is 3.46. The molecule has 0 heterocycles. The highest BCUT2D eigenvalue weighted by molar-refractivity contribution is 5.52. The van der Waals surface area contributed by atoms with Crippen LogP contribution in [0, 0.1) is 11.8 Å². The first-order valence-electron chi connectivity index (χ1n) is 7.45. The van der Waals surface area contributed by atoms with Crippen LogP contribution in [0.5, 0.6) is 23.0 Å². The molecule has 1 aliphatic rings. The van der Waals surface area contributed by atoms with Gasteiger partial charge in [0.25, 0.3) is 0 Å². The van der Waals surface area contributed by atoms with E-state index in [9.17, 15) is 20.4 Å². The fraction of sp³-hybridized carbons (Fsp3) is 0.333. The maximum atomic E-state index is 9.85. The Morgan fingerprint density at radius 2 is 1.45 bits per heavy atom. The summed E-state index contributed by atoms with van der Waals surface area (Å²) < 4.78 is 0. The van der Waals surface area contributed by atoms with Gasteiger partial charge in [-0.25, -0.2) is 0 Å². The van der Waals surface area contributed by atoms with Crippen molar-refractivity contribution in [3.63, 3.8) is 0 Å². The first-order chi connectivity index (χ1) is 10.4. The van der Waals surface area contributed by atoms with E-state index in [0.717, 1.165) is 23.1 Å². The molecule has 4 nitrogen and oxygen atoms in total. The van der Waals surface area contributed by atoms with Crippen molar-refractivity contribution in [3.05, 3.63) is 47.0 Å². The number of phenolic OH excluding ortho intramolecular Hbond substituents is 4. The molecule has 4 heteroatoms. The van der Waals surface area contributed by atoms with Crippen LogP contribution in [-0.2, 0) is 6.42 Å². The Hall–Kier alpha value is -2.36. The second-order valence-electron chi connectivity index (χ2n) is 6.31. The highest BCUT2D eigenvalue weighted by atomic mass is 16.3. The van der Waals surface area contributed by atoms with Crippen LogP contribution in [0.1, 0.15) is 36.5 Å². The Kier molecular flexibility index (Phi) is 3.39. The van der Waals surface area contributed by atoms with Crippen LogP contribution in [0.4, 0.5) is 0 Å². The topological polar surface area (TPSA) is 80.9 Å². The molecule has 0 amide bonds. The lowest BCUT2D eigenvalue weighted by Crippen LogP contribution is -2.26. The largest absolute Gasteiger partial charge is 0.504 e. The van der Waals surface area contributed by atoms with E-state index in [1.807, 2.05) is 0 Å². The van der Waals surface area contributed by atoms with Crippen molar-refractivity contribution < 1.29 is 20.4 Å². The number of hydrogen-bond acceptors (Lipinski definition) is 4. The van der Waals surface area contributed by atoms with Gasteiger partial charge >= 0.3 is 0 Å². The Morgan fingerprint density at radius 1 is 0.818 bits per heavy atom. The maximum absolute atomic E-state index is 9.85. The summed E-state index contributed by atoms with van der Waals surface area (Å²) in [7, 11) is 0. The van der Waals surface area contributed by atoms with Crippen LogP contribution in [-0.4, -0.2) is 20.4 Å². The van der Waals surface area contributed by atoms with E-state index in [-0.39, 0.29) is 28.9 Å². The minimum atomic E-state index is -0.146. The van der Waals surface area contributed by atoms with Crippen LogP contribution in [0.15, 0.2) is 30.3 Å². The number of fused-ring (bicyclic) bond motifs is 1. The monoisotopic (exact) mass is 300 g/mol. The van der Waals surface area contributed by atoms with Crippen molar-refractivity contribution in [2.24, 2.45) is 11.8 Å². The van der Waals surface area contributed by atoms with E-state index in [2.05, 4.69) is 13.8 Å². The molecule has 0 radical (unpaired) electrons. The molecule has 1 aliphatic carbocycles. The van der Waals surface area contributed by atoms with Gasteiger partial charge in [-0.3, -0.25) is 0 Å². The van der Waals surface area contributed by atoms with Gasteiger partial charge in [-0.05, 0) is 59.2 Å². The minimum absolute atomic E-state index is 0.00301. The summed E-state index contributed by atoms with van der Waals surface area (Å²) >= 11 is 0. The number of phenols is 4. The second-order valence-corrected chi connectivity index (χ2v) is 6.31. The summed E-state index contributed by atoms with van der Waals surface area (Å²) in [5.74, 6) is 0.178. The summed E-state index contributed by atoms with van der Waals surface area (Å²) in [6, 6.07) is 8.09. The van der Waals surface area contributed by atoms with Crippen molar-refractivity contribution in [2.75, 3.05) is 0 Å². The van der Waals surface area contributed by atoms with Crippen molar-refractivity contribution >= 4 is 0 Å². The quantitative estimate of drug-likeness (QED) is 0.608. The Balaban J connectivity index is 2.17. The first-order valence-corrected chi connectivity index (χ1v) is 7.45. The zero-order chi connectivity index (χ0) is 16.0. The van der Waals surface area contributed by atoms with Crippen molar-refractivity contribution in [1.29, 1.82) is 0 Å². The van der Waals surface area contributed by atoms with E-state index in [1.54, 1.807) is 24.3 Å². The highest BCUT2D eigenvalue weighted by Crippen LogP contribution is 2.47. The van der Waals surface area contributed by atoms with Crippen molar-refractivity contribution in [2.45, 2.75) is 26.2 Å². The van der Waals surface area contributed by atoms with Gasteiger partial charge in [0.15, 0.2) is 23.0 Å². The molecule has 3 rings (SSSR count). The van der Waals surface area contributed by atoms with Gasteiger partial charge < -0.3 is 20.4 Å². The van der Waals surface area contributed by atoms with Gasteiger partial charge in [-0.1, -0.05) is 19.9 Å². The van der Waals surface area contributed by atoms with Crippen molar-refractivity contribution in [3.8, 4) is 23.0 Å². The van der Waals surface area contributed by atoms with Gasteiger partial charge in [-0.2, -0.15) is 0 Å². The molecule has 116 valence electrons. The molecule has 3 atom stereocenters. The predicted octanol–water partition coefficient (Wildman–Crippen LogP) is 3.47. The predicted molar refractivity (Wildman–Crippen MR) is 83.4 cm³/mol. The molecule has 0 unspecified atom stereocenters. The molecule has 0 spiro atoms. The molecule has 4 N–H and O–H groups in total. The average Bonchev–Trinajstić information content (AvgIpc) is 2.46. The molecule has 0 bridgehead atoms. The fourth-order valence-corrected chi connectivity index (χ4v) is 3.46. The van der Waals surface area contributed by atoms with Gasteiger partial charge in [0.2, 0.25) is 0 Å². The van der Waals surface area contributed by atoms with Crippen LogP contribution in [0.3, 0.4) is 0 Å². The highest BCUT2D eigenvalue weighted by Gasteiger charge is 2.33. The second kappa shape index (κ2) is 5.13. The third-order valence-electron chi connectivity index (χ3n) is 4.90. The lowest BCUT2D eigenvalue weighted by Gasteiger charge is -2.36. The molecular formula is C18H20O4. The Morgan fingerprint density at radius 3 is 2.14 bits per heavy atom. The van der Waals surface area contributed by atoms with Gasteiger partial charge in [0.05, 0.1) is 0 Å². The van der Waals surface area contributed by atoms with Crippen molar-refractivity contribution in [1.82, 2.24) is 0 Å². The minimum Gasteiger partial charge on any atom is -0.504 e. The molecule has 0 fully saturated rings. The molecule has 2 aromatic carbocycles. The van der Waals surface area contributed by atoms with Crippen LogP contribution >= 0.6 is 0 Å². The SMILES string of the molecule is C[C@@H]1[C@H](c2ccc(O)c(O)c2)c2cc(O)c(O)cc2C[C@H]1C. The number of rotatable bonds is 1. The smallest absolute Gasteiger partial charge is 0.157 e. The third kappa shape index (κ3) is 2.25. The molecule has 2 aromatic rings. The van der Waals surface area contributed by atoms with E-state index >= 15 is 0 Å². The summed E-state index contributed by atoms with van der Waals surface area (Å²) in [5, 5.41) is 38.9. The summed E-state index contributed by atoms with van der Waals surface area (Å²) in [5.41, 5.74) is 2.87. The molecule has 0 saturated carbocycles. The first kappa shape index (κ1) is 14.6. The Bertz CT molecular complexity index is 723. The number of aromatic hydroxyl groups is 4. The zero-order valence-corrected chi connectivity index (χ0v) is 12.6. The van der Waals surface area contributed by atoms with Gasteiger partial charge in [0.1, 0.15) is 0 Å². The van der Waals surface area contributed by atoms with E-state index in [0.29, 0.717) is 11.8 Å². The summed E-state index contributed by atoms with van der Waals surface area (Å²) in [6.07, 6.45) is 0.838. The third-order valence-corrected chi connectivity index (χ3v) is 4.90. The molecule has 0 saturated heterocycles. The molecule has 22 heavy (non-hydrogen) atoms. The lowest BCUT2D eigenvalue weighted by atomic mass is 9.68. The normalized spacial score (nSPS) is 24.0. The maximum Gasteiger partial charge on any atom is 0.157 e. The van der Waals surface area contributed by atoms with Crippen LogP contribution in [0.25, 0.3) is 0 Å². The summed E-state index contributed by atoms with van der Waals surface area (Å²) in [4.78, 5) is 0. The molecular weight excluding hydrogens is 280 g/mol. The zero-order valence-electron chi connectivity index (χ0n) is 12.6. The Labute approximate surface area is 129 Å². The van der Waals surface area contributed by atoms with E-state index in [1.165, 1.54) is 6.07 Å². The van der Waals surface area contributed by atoms with Gasteiger partial charge in [0, 0.05) is 5.92 Å². The standard InChI is InChI=1S/C18H20O4/c1-9-5-12-7-16(21)17(22)8-13(12)18(10(9)2)11-3-4-14(19)15(20)6-11/h3-4,6-10,18-22H,5H2,1-2H3/t9-,10+,18-/m1/s1. The molecule has 0 aromatic heterocycles. The van der Waals surface area contributed by atoms with Crippen LogP contribution < -0.4 is 0 Å². The number of hydrogen-bond donors (Lipinski definition) is 4. The van der Waals surface area contributed by atoms with Gasteiger partial charge in [-0.15, -0.1) is 0 Å². The van der Waals surface area contributed by atoms with E-state index in [4.69, 9.17) is 0 Å². The summed E-state index contributed by atoms with van der Waals surface area (Å²) in [6.45, 7) is 4.30. The molecule has 0 aliphatic heterocycles.